The van der Waals surface area contributed by atoms with Crippen molar-refractivity contribution in [2.24, 2.45) is 0 Å². The highest BCUT2D eigenvalue weighted by Crippen LogP contribution is 2.22. The first-order valence-electron chi connectivity index (χ1n) is 8.24. The molecule has 0 spiro atoms. The van der Waals surface area contributed by atoms with E-state index in [9.17, 15) is 4.79 Å². The van der Waals surface area contributed by atoms with Crippen molar-refractivity contribution in [3.63, 3.8) is 0 Å². The van der Waals surface area contributed by atoms with E-state index >= 15 is 0 Å². The van der Waals surface area contributed by atoms with Gasteiger partial charge < -0.3 is 9.64 Å². The predicted octanol–water partition coefficient (Wildman–Crippen LogP) is 4.52. The van der Waals surface area contributed by atoms with Crippen LogP contribution < -0.4 is 9.64 Å². The molecule has 0 aliphatic rings. The van der Waals surface area contributed by atoms with E-state index in [0.717, 1.165) is 22.7 Å². The summed E-state index contributed by atoms with van der Waals surface area (Å²) in [6.45, 7) is 0.394. The molecule has 5 heteroatoms. The summed E-state index contributed by atoms with van der Waals surface area (Å²) in [7, 11) is 1.61. The molecule has 3 rings (SSSR count). The van der Waals surface area contributed by atoms with Gasteiger partial charge in [-0.25, -0.2) is 0 Å². The van der Waals surface area contributed by atoms with Crippen molar-refractivity contribution in [1.82, 2.24) is 4.98 Å². The third-order valence-corrected chi connectivity index (χ3v) is 4.23. The number of halogens is 1. The van der Waals surface area contributed by atoms with Gasteiger partial charge in [-0.05, 0) is 54.1 Å². The standard InChI is InChI=1S/C21H19ClN2O2/c1-26-20-7-4-5-16(13-20)14-21(25)24(15-18-6-2-3-12-23-18)19-10-8-17(22)9-11-19/h2-13H,14-15H2,1H3. The molecule has 0 radical (unpaired) electrons. The number of amides is 1. The molecule has 4 nitrogen and oxygen atoms in total. The van der Waals surface area contributed by atoms with Crippen LogP contribution in [0, 0.1) is 0 Å². The molecule has 0 unspecified atom stereocenters. The fraction of sp³-hybridized carbons (Fsp3) is 0.143. The minimum absolute atomic E-state index is 0.0220. The van der Waals surface area contributed by atoms with E-state index in [-0.39, 0.29) is 12.3 Å². The van der Waals surface area contributed by atoms with E-state index in [1.54, 1.807) is 30.3 Å². The number of methoxy groups -OCH3 is 1. The zero-order valence-corrected chi connectivity index (χ0v) is 15.2. The first-order valence-corrected chi connectivity index (χ1v) is 8.62. The summed E-state index contributed by atoms with van der Waals surface area (Å²) in [5, 5.41) is 0.631. The molecule has 132 valence electrons. The van der Waals surface area contributed by atoms with E-state index in [0.29, 0.717) is 11.6 Å². The van der Waals surface area contributed by atoms with Gasteiger partial charge in [-0.2, -0.15) is 0 Å². The number of anilines is 1. The van der Waals surface area contributed by atoms with Gasteiger partial charge in [0.2, 0.25) is 5.91 Å². The molecule has 0 bridgehead atoms. The SMILES string of the molecule is COc1cccc(CC(=O)N(Cc2ccccn2)c2ccc(Cl)cc2)c1. The summed E-state index contributed by atoms with van der Waals surface area (Å²) in [5.74, 6) is 0.712. The molecule has 0 aliphatic heterocycles. The van der Waals surface area contributed by atoms with Crippen molar-refractivity contribution < 1.29 is 9.53 Å². The van der Waals surface area contributed by atoms with Gasteiger partial charge >= 0.3 is 0 Å². The maximum absolute atomic E-state index is 13.0. The first kappa shape index (κ1) is 18.0. The zero-order chi connectivity index (χ0) is 18.4. The van der Waals surface area contributed by atoms with Crippen LogP contribution in [-0.2, 0) is 17.8 Å². The van der Waals surface area contributed by atoms with Crippen molar-refractivity contribution in [1.29, 1.82) is 0 Å². The molecule has 2 aromatic carbocycles. The lowest BCUT2D eigenvalue weighted by molar-refractivity contribution is -0.118. The lowest BCUT2D eigenvalue weighted by Crippen LogP contribution is -2.32. The summed E-state index contributed by atoms with van der Waals surface area (Å²) in [4.78, 5) is 19.1. The normalized spacial score (nSPS) is 10.4. The van der Waals surface area contributed by atoms with Gasteiger partial charge in [-0.1, -0.05) is 29.8 Å². The lowest BCUT2D eigenvalue weighted by atomic mass is 10.1. The number of rotatable bonds is 6. The Morgan fingerprint density at radius 2 is 1.88 bits per heavy atom. The summed E-state index contributed by atoms with van der Waals surface area (Å²) >= 11 is 5.99. The van der Waals surface area contributed by atoms with Crippen LogP contribution in [-0.4, -0.2) is 18.0 Å². The second-order valence-corrected chi connectivity index (χ2v) is 6.24. The number of ether oxygens (including phenoxy) is 1. The van der Waals surface area contributed by atoms with E-state index < -0.39 is 0 Å². The van der Waals surface area contributed by atoms with Gasteiger partial charge in [0.05, 0.1) is 25.8 Å². The molecule has 1 amide bonds. The minimum Gasteiger partial charge on any atom is -0.497 e. The van der Waals surface area contributed by atoms with Crippen LogP contribution >= 0.6 is 11.6 Å². The van der Waals surface area contributed by atoms with E-state index in [4.69, 9.17) is 16.3 Å². The van der Waals surface area contributed by atoms with Crippen molar-refractivity contribution in [2.45, 2.75) is 13.0 Å². The second-order valence-electron chi connectivity index (χ2n) is 5.81. The fourth-order valence-corrected chi connectivity index (χ4v) is 2.78. The Labute approximate surface area is 158 Å². The lowest BCUT2D eigenvalue weighted by Gasteiger charge is -2.23. The Kier molecular flexibility index (Phi) is 5.87. The van der Waals surface area contributed by atoms with Crippen LogP contribution in [0.4, 0.5) is 5.69 Å². The van der Waals surface area contributed by atoms with E-state index in [2.05, 4.69) is 4.98 Å². The van der Waals surface area contributed by atoms with Crippen LogP contribution in [0.2, 0.25) is 5.02 Å². The third kappa shape index (κ3) is 4.61. The largest absolute Gasteiger partial charge is 0.497 e. The van der Waals surface area contributed by atoms with Crippen LogP contribution in [0.3, 0.4) is 0 Å². The zero-order valence-electron chi connectivity index (χ0n) is 14.4. The molecule has 0 saturated heterocycles. The molecule has 1 aromatic heterocycles. The van der Waals surface area contributed by atoms with Crippen molar-refractivity contribution in [3.05, 3.63) is 89.2 Å². The predicted molar refractivity (Wildman–Crippen MR) is 104 cm³/mol. The Morgan fingerprint density at radius 1 is 1.08 bits per heavy atom. The molecule has 0 saturated carbocycles. The summed E-state index contributed by atoms with van der Waals surface area (Å²) in [5.41, 5.74) is 2.50. The number of carbonyl (C=O) groups is 1. The number of hydrogen-bond donors (Lipinski definition) is 0. The molecule has 0 fully saturated rings. The van der Waals surface area contributed by atoms with Gasteiger partial charge in [0.25, 0.3) is 0 Å². The first-order chi connectivity index (χ1) is 12.7. The number of aromatic nitrogens is 1. The molecule has 1 heterocycles. The Balaban J connectivity index is 1.86. The van der Waals surface area contributed by atoms with Gasteiger partial charge in [0.15, 0.2) is 0 Å². The topological polar surface area (TPSA) is 42.4 Å². The quantitative estimate of drug-likeness (QED) is 0.644. The average molecular weight is 367 g/mol. The third-order valence-electron chi connectivity index (χ3n) is 3.98. The van der Waals surface area contributed by atoms with Crippen LogP contribution in [0.15, 0.2) is 72.9 Å². The molecule has 3 aromatic rings. The van der Waals surface area contributed by atoms with Crippen LogP contribution in [0.1, 0.15) is 11.3 Å². The molecular formula is C21H19ClN2O2. The molecule has 0 atom stereocenters. The van der Waals surface area contributed by atoms with E-state index in [1.807, 2.05) is 54.6 Å². The molecule has 0 N–H and O–H groups in total. The van der Waals surface area contributed by atoms with Crippen LogP contribution in [0.25, 0.3) is 0 Å². The van der Waals surface area contributed by atoms with Gasteiger partial charge in [0, 0.05) is 16.9 Å². The van der Waals surface area contributed by atoms with Gasteiger partial charge in [0.1, 0.15) is 5.75 Å². The Hall–Kier alpha value is -2.85. The summed E-state index contributed by atoms with van der Waals surface area (Å²) in [6.07, 6.45) is 1.99. The smallest absolute Gasteiger partial charge is 0.231 e. The van der Waals surface area contributed by atoms with Gasteiger partial charge in [-0.3, -0.25) is 9.78 Å². The van der Waals surface area contributed by atoms with Crippen molar-refractivity contribution in [3.8, 4) is 5.75 Å². The number of carbonyl (C=O) groups excluding carboxylic acids is 1. The Bertz CT molecular complexity index is 867. The highest BCUT2D eigenvalue weighted by atomic mass is 35.5. The van der Waals surface area contributed by atoms with Crippen LogP contribution in [0.5, 0.6) is 5.75 Å². The molecular weight excluding hydrogens is 348 g/mol. The van der Waals surface area contributed by atoms with E-state index in [1.165, 1.54) is 0 Å². The number of hydrogen-bond acceptors (Lipinski definition) is 3. The van der Waals surface area contributed by atoms with Crippen molar-refractivity contribution in [2.75, 3.05) is 12.0 Å². The number of pyridine rings is 1. The summed E-state index contributed by atoms with van der Waals surface area (Å²) in [6, 6.07) is 20.4. The monoisotopic (exact) mass is 366 g/mol. The van der Waals surface area contributed by atoms with Crippen molar-refractivity contribution >= 4 is 23.2 Å². The summed E-state index contributed by atoms with van der Waals surface area (Å²) < 4.78 is 5.24. The number of nitrogens with zero attached hydrogens (tertiary/aromatic N) is 2. The minimum atomic E-state index is -0.0220. The Morgan fingerprint density at radius 3 is 2.58 bits per heavy atom. The fourth-order valence-electron chi connectivity index (χ4n) is 2.65. The van der Waals surface area contributed by atoms with Gasteiger partial charge in [-0.15, -0.1) is 0 Å². The maximum atomic E-state index is 13.0. The highest BCUT2D eigenvalue weighted by Gasteiger charge is 2.17. The maximum Gasteiger partial charge on any atom is 0.231 e. The number of benzene rings is 2. The molecule has 0 aliphatic carbocycles. The molecule has 26 heavy (non-hydrogen) atoms. The average Bonchev–Trinajstić information content (AvgIpc) is 2.68. The highest BCUT2D eigenvalue weighted by molar-refractivity contribution is 6.30. The second kappa shape index (κ2) is 8.50.